The molecule has 0 aromatic rings. The fourth-order valence-corrected chi connectivity index (χ4v) is 2.23. The Hall–Kier alpha value is -0.630. The van der Waals surface area contributed by atoms with Gasteiger partial charge in [0.1, 0.15) is 6.10 Å². The first-order valence-corrected chi connectivity index (χ1v) is 6.20. The van der Waals surface area contributed by atoms with E-state index in [0.29, 0.717) is 0 Å². The second-order valence-corrected chi connectivity index (χ2v) is 4.83. The van der Waals surface area contributed by atoms with Crippen LogP contribution < -0.4 is 0 Å². The summed E-state index contributed by atoms with van der Waals surface area (Å²) in [6, 6.07) is 0. The summed E-state index contributed by atoms with van der Waals surface area (Å²) in [5, 5.41) is 9.78. The third-order valence-corrected chi connectivity index (χ3v) is 3.44. The van der Waals surface area contributed by atoms with Crippen LogP contribution >= 0.6 is 0 Å². The minimum absolute atomic E-state index is 0.0133. The van der Waals surface area contributed by atoms with Crippen LogP contribution in [0.2, 0.25) is 0 Å². The van der Waals surface area contributed by atoms with Gasteiger partial charge < -0.3 is 5.11 Å². The summed E-state index contributed by atoms with van der Waals surface area (Å²) in [4.78, 5) is 11.9. The van der Waals surface area contributed by atoms with Crippen LogP contribution in [0.15, 0.2) is 11.6 Å². The summed E-state index contributed by atoms with van der Waals surface area (Å²) in [5.41, 5.74) is 0.897. The molecule has 0 radical (unpaired) electrons. The average Bonchev–Trinajstić information content (AvgIpc) is 2.98. The number of Topliss-reactive ketones (excluding diaryl/α,β-unsaturated/α-hetero) is 1. The molecule has 0 saturated heterocycles. The highest BCUT2D eigenvalue weighted by Crippen LogP contribution is 2.34. The first kappa shape index (κ1) is 10.9. The lowest BCUT2D eigenvalue weighted by Crippen LogP contribution is -2.24. The van der Waals surface area contributed by atoms with Crippen LogP contribution in [-0.2, 0) is 4.79 Å². The molecule has 15 heavy (non-hydrogen) atoms. The minimum atomic E-state index is -0.698. The highest BCUT2D eigenvalue weighted by atomic mass is 16.3. The number of rotatable bonds is 3. The Morgan fingerprint density at radius 3 is 2.73 bits per heavy atom. The highest BCUT2D eigenvalue weighted by molar-refractivity contribution is 5.99. The molecule has 0 spiro atoms. The zero-order valence-corrected chi connectivity index (χ0v) is 9.24. The number of aliphatic hydroxyl groups is 1. The SMILES string of the molecule is O=C(/C1=C/CCCCCC1)C(O)C1CC1. The van der Waals surface area contributed by atoms with Crippen LogP contribution in [0.25, 0.3) is 0 Å². The van der Waals surface area contributed by atoms with Gasteiger partial charge in [-0.2, -0.15) is 0 Å². The van der Waals surface area contributed by atoms with Gasteiger partial charge in [-0.15, -0.1) is 0 Å². The van der Waals surface area contributed by atoms with Crippen molar-refractivity contribution in [2.45, 2.75) is 57.5 Å². The minimum Gasteiger partial charge on any atom is -0.385 e. The molecule has 2 rings (SSSR count). The zero-order chi connectivity index (χ0) is 10.7. The molecular weight excluding hydrogens is 188 g/mol. The smallest absolute Gasteiger partial charge is 0.187 e. The van der Waals surface area contributed by atoms with Gasteiger partial charge in [0, 0.05) is 0 Å². The normalized spacial score (nSPS) is 28.5. The molecule has 2 heteroatoms. The maximum Gasteiger partial charge on any atom is 0.187 e. The highest BCUT2D eigenvalue weighted by Gasteiger charge is 2.35. The first-order chi connectivity index (χ1) is 7.29. The van der Waals surface area contributed by atoms with E-state index >= 15 is 0 Å². The third-order valence-electron chi connectivity index (χ3n) is 3.44. The molecule has 1 fully saturated rings. The predicted octanol–water partition coefficient (Wildman–Crippen LogP) is 2.61. The molecular formula is C13H20O2. The molecule has 2 aliphatic carbocycles. The van der Waals surface area contributed by atoms with Crippen LogP contribution in [0, 0.1) is 5.92 Å². The van der Waals surface area contributed by atoms with E-state index in [1.807, 2.05) is 0 Å². The summed E-state index contributed by atoms with van der Waals surface area (Å²) in [6.07, 6.45) is 10.1. The van der Waals surface area contributed by atoms with Gasteiger partial charge in [0.2, 0.25) is 0 Å². The van der Waals surface area contributed by atoms with Crippen LogP contribution in [0.4, 0.5) is 0 Å². The van der Waals surface area contributed by atoms with Crippen molar-refractivity contribution < 1.29 is 9.90 Å². The molecule has 0 bridgehead atoms. The molecule has 1 saturated carbocycles. The maximum atomic E-state index is 11.9. The van der Waals surface area contributed by atoms with E-state index in [1.165, 1.54) is 19.3 Å². The molecule has 0 heterocycles. The van der Waals surface area contributed by atoms with Crippen molar-refractivity contribution in [1.29, 1.82) is 0 Å². The van der Waals surface area contributed by atoms with E-state index < -0.39 is 6.10 Å². The van der Waals surface area contributed by atoms with Gasteiger partial charge in [-0.3, -0.25) is 4.79 Å². The molecule has 2 aliphatic rings. The van der Waals surface area contributed by atoms with Crippen molar-refractivity contribution in [2.24, 2.45) is 5.92 Å². The standard InChI is InChI=1S/C13H20O2/c14-12(13(15)11-8-9-11)10-6-4-2-1-3-5-7-10/h6,11,13,15H,1-5,7-9H2/b10-6+. The fourth-order valence-electron chi connectivity index (χ4n) is 2.23. The second kappa shape index (κ2) is 4.93. The van der Waals surface area contributed by atoms with E-state index in [2.05, 4.69) is 6.08 Å². The van der Waals surface area contributed by atoms with Crippen LogP contribution in [0.1, 0.15) is 51.4 Å². The van der Waals surface area contributed by atoms with Crippen molar-refractivity contribution in [2.75, 3.05) is 0 Å². The van der Waals surface area contributed by atoms with Gasteiger partial charge in [-0.25, -0.2) is 0 Å². The molecule has 0 aliphatic heterocycles. The first-order valence-electron chi connectivity index (χ1n) is 6.20. The summed E-state index contributed by atoms with van der Waals surface area (Å²) < 4.78 is 0. The van der Waals surface area contributed by atoms with E-state index in [-0.39, 0.29) is 11.7 Å². The van der Waals surface area contributed by atoms with Crippen LogP contribution in [-0.4, -0.2) is 17.0 Å². The fraction of sp³-hybridized carbons (Fsp3) is 0.769. The molecule has 2 nitrogen and oxygen atoms in total. The number of hydrogen-bond acceptors (Lipinski definition) is 2. The Balaban J connectivity index is 1.96. The summed E-state index contributed by atoms with van der Waals surface area (Å²) >= 11 is 0. The van der Waals surface area contributed by atoms with E-state index in [4.69, 9.17) is 0 Å². The monoisotopic (exact) mass is 208 g/mol. The molecule has 0 aromatic heterocycles. The molecule has 0 aromatic carbocycles. The molecule has 84 valence electrons. The van der Waals surface area contributed by atoms with Crippen LogP contribution in [0.3, 0.4) is 0 Å². The lowest BCUT2D eigenvalue weighted by molar-refractivity contribution is -0.124. The van der Waals surface area contributed by atoms with Crippen molar-refractivity contribution in [1.82, 2.24) is 0 Å². The van der Waals surface area contributed by atoms with Gasteiger partial charge in [0.15, 0.2) is 5.78 Å². The number of ketones is 1. The van der Waals surface area contributed by atoms with Gasteiger partial charge in [-0.1, -0.05) is 18.9 Å². The third kappa shape index (κ3) is 2.91. The van der Waals surface area contributed by atoms with Gasteiger partial charge in [-0.05, 0) is 50.0 Å². The number of hydrogen-bond donors (Lipinski definition) is 1. The zero-order valence-electron chi connectivity index (χ0n) is 9.24. The topological polar surface area (TPSA) is 37.3 Å². The Morgan fingerprint density at radius 1 is 1.27 bits per heavy atom. The summed E-state index contributed by atoms with van der Waals surface area (Å²) in [5.74, 6) is 0.281. The second-order valence-electron chi connectivity index (χ2n) is 4.83. The van der Waals surface area contributed by atoms with E-state index in [1.54, 1.807) is 0 Å². The van der Waals surface area contributed by atoms with Crippen LogP contribution in [0.5, 0.6) is 0 Å². The quantitative estimate of drug-likeness (QED) is 0.774. The van der Waals surface area contributed by atoms with Gasteiger partial charge >= 0.3 is 0 Å². The number of aliphatic hydroxyl groups excluding tert-OH is 1. The van der Waals surface area contributed by atoms with Crippen molar-refractivity contribution in [3.8, 4) is 0 Å². The molecule has 1 unspecified atom stereocenters. The Kier molecular flexibility index (Phi) is 3.57. The number of carbonyl (C=O) groups excluding carboxylic acids is 1. The van der Waals surface area contributed by atoms with Gasteiger partial charge in [0.25, 0.3) is 0 Å². The van der Waals surface area contributed by atoms with Gasteiger partial charge in [0.05, 0.1) is 0 Å². The Bertz CT molecular complexity index is 264. The Labute approximate surface area is 91.4 Å². The number of allylic oxidation sites excluding steroid dienone is 1. The Morgan fingerprint density at radius 2 is 2.00 bits per heavy atom. The summed E-state index contributed by atoms with van der Waals surface area (Å²) in [7, 11) is 0. The largest absolute Gasteiger partial charge is 0.385 e. The van der Waals surface area contributed by atoms with Crippen molar-refractivity contribution in [3.05, 3.63) is 11.6 Å². The molecule has 0 amide bonds. The lowest BCUT2D eigenvalue weighted by atomic mass is 9.94. The maximum absolute atomic E-state index is 11.9. The lowest BCUT2D eigenvalue weighted by Gasteiger charge is -2.13. The van der Waals surface area contributed by atoms with E-state index in [0.717, 1.165) is 37.7 Å². The number of carbonyl (C=O) groups is 1. The average molecular weight is 208 g/mol. The van der Waals surface area contributed by atoms with E-state index in [9.17, 15) is 9.90 Å². The molecule has 1 N–H and O–H groups in total. The molecule has 1 atom stereocenters. The predicted molar refractivity (Wildman–Crippen MR) is 59.5 cm³/mol. The van der Waals surface area contributed by atoms with Crippen molar-refractivity contribution >= 4 is 5.78 Å². The van der Waals surface area contributed by atoms with Crippen molar-refractivity contribution in [3.63, 3.8) is 0 Å². The summed E-state index contributed by atoms with van der Waals surface area (Å²) in [6.45, 7) is 0.